The van der Waals surface area contributed by atoms with Crippen molar-refractivity contribution in [2.24, 2.45) is 0 Å². The number of hydrogen-bond donors (Lipinski definition) is 2. The molecule has 0 radical (unpaired) electrons. The summed E-state index contributed by atoms with van der Waals surface area (Å²) in [7, 11) is 0. The second kappa shape index (κ2) is 4.88. The van der Waals surface area contributed by atoms with E-state index in [1.165, 1.54) is 12.1 Å². The summed E-state index contributed by atoms with van der Waals surface area (Å²) in [5.41, 5.74) is -1.34. The molecular weight excluding hydrogens is 247 g/mol. The molecule has 0 saturated heterocycles. The number of nitrogens with one attached hydrogen (secondary N) is 1. The van der Waals surface area contributed by atoms with Crippen LogP contribution in [0.2, 0.25) is 0 Å². The van der Waals surface area contributed by atoms with Gasteiger partial charge in [-0.2, -0.15) is 13.2 Å². The van der Waals surface area contributed by atoms with Gasteiger partial charge >= 0.3 is 12.1 Å². The summed E-state index contributed by atoms with van der Waals surface area (Å²) in [6.45, 7) is 3.22. The Balaban J connectivity index is 2.89. The van der Waals surface area contributed by atoms with Crippen LogP contribution in [0.1, 0.15) is 25.8 Å². The molecule has 1 aromatic carbocycles. The summed E-state index contributed by atoms with van der Waals surface area (Å²) in [5.74, 6) is -1.01. The van der Waals surface area contributed by atoms with Gasteiger partial charge < -0.3 is 10.4 Å². The zero-order valence-corrected chi connectivity index (χ0v) is 10.0. The Kier molecular flexibility index (Phi) is 3.88. The van der Waals surface area contributed by atoms with Gasteiger partial charge in [-0.3, -0.25) is 4.79 Å². The number of rotatable bonds is 4. The number of carboxylic acids is 1. The second-order valence-corrected chi connectivity index (χ2v) is 4.66. The van der Waals surface area contributed by atoms with Gasteiger partial charge in [0.05, 0.1) is 12.0 Å². The Labute approximate surface area is 103 Å². The third-order valence-electron chi connectivity index (χ3n) is 2.27. The standard InChI is InChI=1S/C12H14F3NO2/c1-11(2,7-10(17)18)16-9-5-3-4-8(6-9)12(13,14)15/h3-6,16H,7H2,1-2H3,(H,17,18). The van der Waals surface area contributed by atoms with Gasteiger partial charge in [0, 0.05) is 11.2 Å². The molecule has 18 heavy (non-hydrogen) atoms. The molecule has 0 saturated carbocycles. The number of hydrogen-bond acceptors (Lipinski definition) is 2. The first-order valence-corrected chi connectivity index (χ1v) is 5.27. The van der Waals surface area contributed by atoms with Crippen LogP contribution in [0.4, 0.5) is 18.9 Å². The first-order chi connectivity index (χ1) is 8.10. The van der Waals surface area contributed by atoms with Gasteiger partial charge in [0.1, 0.15) is 0 Å². The number of carboxylic acid groups (broad SMARTS) is 1. The van der Waals surface area contributed by atoms with E-state index in [1.54, 1.807) is 13.8 Å². The fraction of sp³-hybridized carbons (Fsp3) is 0.417. The fourth-order valence-corrected chi connectivity index (χ4v) is 1.59. The van der Waals surface area contributed by atoms with Crippen LogP contribution in [0, 0.1) is 0 Å². The molecule has 0 aliphatic heterocycles. The highest BCUT2D eigenvalue weighted by molar-refractivity contribution is 5.69. The third kappa shape index (κ3) is 4.27. The molecule has 0 bridgehead atoms. The lowest BCUT2D eigenvalue weighted by molar-refractivity contribution is -0.138. The topological polar surface area (TPSA) is 49.3 Å². The normalized spacial score (nSPS) is 12.3. The maximum atomic E-state index is 12.5. The van der Waals surface area contributed by atoms with Crippen LogP contribution in [0.15, 0.2) is 24.3 Å². The molecule has 0 atom stereocenters. The molecule has 0 heterocycles. The highest BCUT2D eigenvalue weighted by atomic mass is 19.4. The molecule has 0 fully saturated rings. The largest absolute Gasteiger partial charge is 0.481 e. The van der Waals surface area contributed by atoms with Crippen molar-refractivity contribution in [1.29, 1.82) is 0 Å². The van der Waals surface area contributed by atoms with Crippen molar-refractivity contribution in [2.75, 3.05) is 5.32 Å². The van der Waals surface area contributed by atoms with E-state index in [2.05, 4.69) is 5.32 Å². The summed E-state index contributed by atoms with van der Waals surface area (Å²) < 4.78 is 37.5. The zero-order chi connectivity index (χ0) is 14.0. The van der Waals surface area contributed by atoms with Gasteiger partial charge in [-0.15, -0.1) is 0 Å². The number of aliphatic carboxylic acids is 1. The van der Waals surface area contributed by atoms with Crippen molar-refractivity contribution in [2.45, 2.75) is 32.0 Å². The molecule has 6 heteroatoms. The van der Waals surface area contributed by atoms with Gasteiger partial charge in [0.15, 0.2) is 0 Å². The third-order valence-corrected chi connectivity index (χ3v) is 2.27. The molecule has 1 aromatic rings. The van der Waals surface area contributed by atoms with Crippen molar-refractivity contribution in [3.05, 3.63) is 29.8 Å². The van der Waals surface area contributed by atoms with Gasteiger partial charge in [0.25, 0.3) is 0 Å². The molecule has 100 valence electrons. The number of halogens is 3. The lowest BCUT2D eigenvalue weighted by atomic mass is 10.00. The SMILES string of the molecule is CC(C)(CC(=O)O)Nc1cccc(C(F)(F)F)c1. The molecule has 2 N–H and O–H groups in total. The van der Waals surface area contributed by atoms with Crippen LogP contribution >= 0.6 is 0 Å². The molecule has 0 unspecified atom stereocenters. The minimum Gasteiger partial charge on any atom is -0.481 e. The van der Waals surface area contributed by atoms with E-state index in [0.29, 0.717) is 0 Å². The number of anilines is 1. The maximum absolute atomic E-state index is 12.5. The number of benzene rings is 1. The Morgan fingerprint density at radius 2 is 1.94 bits per heavy atom. The smallest absolute Gasteiger partial charge is 0.416 e. The summed E-state index contributed by atoms with van der Waals surface area (Å²) in [6, 6.07) is 4.68. The number of carbonyl (C=O) groups is 1. The van der Waals surface area contributed by atoms with Crippen LogP contribution in [0.25, 0.3) is 0 Å². The Bertz CT molecular complexity index is 441. The average molecular weight is 261 g/mol. The van der Waals surface area contributed by atoms with E-state index >= 15 is 0 Å². The quantitative estimate of drug-likeness (QED) is 0.873. The highest BCUT2D eigenvalue weighted by Gasteiger charge is 2.31. The Morgan fingerprint density at radius 3 is 2.44 bits per heavy atom. The van der Waals surface area contributed by atoms with E-state index in [-0.39, 0.29) is 12.1 Å². The Hall–Kier alpha value is -1.72. The van der Waals surface area contributed by atoms with Gasteiger partial charge in [-0.1, -0.05) is 6.07 Å². The van der Waals surface area contributed by atoms with Crippen LogP contribution in [-0.2, 0) is 11.0 Å². The van der Waals surface area contributed by atoms with E-state index in [0.717, 1.165) is 12.1 Å². The fourth-order valence-electron chi connectivity index (χ4n) is 1.59. The lowest BCUT2D eigenvalue weighted by Gasteiger charge is -2.26. The molecule has 0 aromatic heterocycles. The number of alkyl halides is 3. The van der Waals surface area contributed by atoms with Gasteiger partial charge in [-0.05, 0) is 32.0 Å². The minimum atomic E-state index is -4.41. The van der Waals surface area contributed by atoms with Crippen molar-refractivity contribution in [1.82, 2.24) is 0 Å². The van der Waals surface area contributed by atoms with E-state index in [9.17, 15) is 18.0 Å². The van der Waals surface area contributed by atoms with Crippen molar-refractivity contribution in [3.63, 3.8) is 0 Å². The summed E-state index contributed by atoms with van der Waals surface area (Å²) >= 11 is 0. The van der Waals surface area contributed by atoms with Crippen LogP contribution in [0.5, 0.6) is 0 Å². The molecule has 0 aliphatic rings. The van der Waals surface area contributed by atoms with E-state index in [1.807, 2.05) is 0 Å². The molecule has 0 aliphatic carbocycles. The minimum absolute atomic E-state index is 0.191. The Morgan fingerprint density at radius 1 is 1.33 bits per heavy atom. The van der Waals surface area contributed by atoms with Crippen LogP contribution in [0.3, 0.4) is 0 Å². The lowest BCUT2D eigenvalue weighted by Crippen LogP contribution is -2.33. The van der Waals surface area contributed by atoms with E-state index in [4.69, 9.17) is 5.11 Å². The molecular formula is C12H14F3NO2. The molecule has 1 rings (SSSR count). The van der Waals surface area contributed by atoms with E-state index < -0.39 is 23.2 Å². The van der Waals surface area contributed by atoms with Gasteiger partial charge in [-0.25, -0.2) is 0 Å². The summed E-state index contributed by atoms with van der Waals surface area (Å²) in [5, 5.41) is 11.5. The molecule has 3 nitrogen and oxygen atoms in total. The second-order valence-electron chi connectivity index (χ2n) is 4.66. The van der Waals surface area contributed by atoms with Crippen molar-refractivity contribution in [3.8, 4) is 0 Å². The molecule has 0 spiro atoms. The molecule has 0 amide bonds. The van der Waals surface area contributed by atoms with Crippen molar-refractivity contribution >= 4 is 11.7 Å². The van der Waals surface area contributed by atoms with Gasteiger partial charge in [0.2, 0.25) is 0 Å². The monoisotopic (exact) mass is 261 g/mol. The summed E-state index contributed by atoms with van der Waals surface area (Å²) in [4.78, 5) is 10.6. The van der Waals surface area contributed by atoms with Crippen molar-refractivity contribution < 1.29 is 23.1 Å². The average Bonchev–Trinajstić information content (AvgIpc) is 2.13. The predicted octanol–water partition coefficient (Wildman–Crippen LogP) is 3.37. The summed E-state index contributed by atoms with van der Waals surface area (Å²) in [6.07, 6.45) is -4.60. The zero-order valence-electron chi connectivity index (χ0n) is 10.0. The highest BCUT2D eigenvalue weighted by Crippen LogP contribution is 2.31. The predicted molar refractivity (Wildman–Crippen MR) is 61.4 cm³/mol. The van der Waals surface area contributed by atoms with Crippen LogP contribution in [-0.4, -0.2) is 16.6 Å². The first kappa shape index (κ1) is 14.3. The maximum Gasteiger partial charge on any atom is 0.416 e. The first-order valence-electron chi connectivity index (χ1n) is 5.27. The van der Waals surface area contributed by atoms with Crippen LogP contribution < -0.4 is 5.32 Å².